The van der Waals surface area contributed by atoms with Crippen molar-refractivity contribution in [2.45, 2.75) is 13.2 Å². The first-order chi connectivity index (χ1) is 15.1. The maximum atomic E-state index is 13.1. The van der Waals surface area contributed by atoms with Crippen LogP contribution >= 0.6 is 15.9 Å². The van der Waals surface area contributed by atoms with Crippen molar-refractivity contribution in [3.05, 3.63) is 92.9 Å². The zero-order valence-electron chi connectivity index (χ0n) is 16.2. The lowest BCUT2D eigenvalue weighted by Crippen LogP contribution is -2.14. The Kier molecular flexibility index (Phi) is 5.21. The molecule has 2 aliphatic rings. The van der Waals surface area contributed by atoms with Crippen LogP contribution in [0.25, 0.3) is 6.08 Å². The summed E-state index contributed by atoms with van der Waals surface area (Å²) < 4.78 is 36.7. The molecule has 3 aromatic carbocycles. The van der Waals surface area contributed by atoms with E-state index in [1.807, 2.05) is 12.1 Å². The summed E-state index contributed by atoms with van der Waals surface area (Å²) in [6.45, 7) is 0.978. The number of carbonyl (C=O) groups is 1. The molecule has 0 saturated carbocycles. The van der Waals surface area contributed by atoms with E-state index >= 15 is 0 Å². The average Bonchev–Trinajstić information content (AvgIpc) is 3.08. The number of Topliss-reactive ketones (excluding diaryl/α,β-unsaturated/α-hetero) is 1. The van der Waals surface area contributed by atoms with Gasteiger partial charge in [-0.2, -0.15) is 0 Å². The van der Waals surface area contributed by atoms with Gasteiger partial charge in [0.1, 0.15) is 29.7 Å². The summed E-state index contributed by atoms with van der Waals surface area (Å²) in [5, 5.41) is 0. The van der Waals surface area contributed by atoms with E-state index < -0.39 is 0 Å². The van der Waals surface area contributed by atoms with Gasteiger partial charge in [0.25, 0.3) is 0 Å². The number of ether oxygens (including phenoxy) is 4. The van der Waals surface area contributed by atoms with E-state index in [-0.39, 0.29) is 30.8 Å². The van der Waals surface area contributed by atoms with Crippen LogP contribution in [-0.4, -0.2) is 12.6 Å². The van der Waals surface area contributed by atoms with Crippen LogP contribution in [-0.2, 0) is 18.0 Å². The maximum Gasteiger partial charge on any atom is 0.231 e. The number of hydrogen-bond donors (Lipinski definition) is 0. The van der Waals surface area contributed by atoms with Crippen LogP contribution in [0.5, 0.6) is 17.2 Å². The molecule has 0 aromatic heterocycles. The van der Waals surface area contributed by atoms with Crippen LogP contribution in [0.15, 0.2) is 64.8 Å². The summed E-state index contributed by atoms with van der Waals surface area (Å²) >= 11 is 3.50. The van der Waals surface area contributed by atoms with Gasteiger partial charge in [-0.3, -0.25) is 4.79 Å². The van der Waals surface area contributed by atoms with Gasteiger partial charge < -0.3 is 18.9 Å². The van der Waals surface area contributed by atoms with Crippen LogP contribution in [0.4, 0.5) is 4.39 Å². The van der Waals surface area contributed by atoms with Crippen molar-refractivity contribution < 1.29 is 28.1 Å². The molecule has 0 saturated heterocycles. The summed E-state index contributed by atoms with van der Waals surface area (Å²) in [4.78, 5) is 12.6. The third kappa shape index (κ3) is 4.06. The van der Waals surface area contributed by atoms with Gasteiger partial charge in [-0.05, 0) is 48.0 Å². The maximum absolute atomic E-state index is 13.1. The number of fused-ring (bicyclic) bond motifs is 2. The van der Waals surface area contributed by atoms with Gasteiger partial charge in [-0.1, -0.05) is 28.1 Å². The normalized spacial score (nSPS) is 15.8. The predicted octanol–water partition coefficient (Wildman–Crippen LogP) is 5.65. The summed E-state index contributed by atoms with van der Waals surface area (Å²) in [6, 6.07) is 14.8. The van der Waals surface area contributed by atoms with E-state index in [1.165, 1.54) is 12.1 Å². The Bertz CT molecular complexity index is 1200. The highest BCUT2D eigenvalue weighted by Crippen LogP contribution is 2.36. The van der Waals surface area contributed by atoms with Crippen molar-refractivity contribution in [3.63, 3.8) is 0 Å². The second-order valence-corrected chi connectivity index (χ2v) is 8.02. The number of hydrogen-bond acceptors (Lipinski definition) is 5. The number of benzene rings is 3. The Morgan fingerprint density at radius 3 is 2.77 bits per heavy atom. The molecular formula is C24H16BrFO5. The van der Waals surface area contributed by atoms with E-state index in [2.05, 4.69) is 15.9 Å². The molecule has 0 unspecified atom stereocenters. The minimum Gasteiger partial charge on any atom is -0.489 e. The average molecular weight is 483 g/mol. The van der Waals surface area contributed by atoms with Crippen LogP contribution < -0.4 is 14.2 Å². The standard InChI is InChI=1S/C24H16BrFO5/c25-17-8-15-11-28-13-30-24(15)16(9-17)12-29-19-5-6-20-21(10-19)31-22(23(20)27)7-14-1-3-18(26)4-2-14/h1-10H,11-13H2/b22-7-. The van der Waals surface area contributed by atoms with E-state index in [0.717, 1.165) is 21.3 Å². The van der Waals surface area contributed by atoms with Gasteiger partial charge in [-0.15, -0.1) is 0 Å². The van der Waals surface area contributed by atoms with Gasteiger partial charge in [0.2, 0.25) is 5.78 Å². The van der Waals surface area contributed by atoms with Gasteiger partial charge in [-0.25, -0.2) is 4.39 Å². The van der Waals surface area contributed by atoms with E-state index in [4.69, 9.17) is 18.9 Å². The quantitative estimate of drug-likeness (QED) is 0.449. The Balaban J connectivity index is 1.34. The number of halogens is 2. The molecule has 2 aliphatic heterocycles. The SMILES string of the molecule is O=C1/C(=C/c2ccc(F)cc2)Oc2cc(OCc3cc(Br)cc4c3OCOC4)ccc21. The van der Waals surface area contributed by atoms with Gasteiger partial charge in [0.05, 0.1) is 12.2 Å². The van der Waals surface area contributed by atoms with E-state index in [0.29, 0.717) is 29.2 Å². The van der Waals surface area contributed by atoms with Crippen molar-refractivity contribution in [1.29, 1.82) is 0 Å². The van der Waals surface area contributed by atoms with E-state index in [9.17, 15) is 9.18 Å². The second kappa shape index (κ2) is 8.17. The molecule has 7 heteroatoms. The zero-order valence-corrected chi connectivity index (χ0v) is 17.8. The number of ketones is 1. The van der Waals surface area contributed by atoms with Crippen molar-refractivity contribution >= 4 is 27.8 Å². The molecule has 0 N–H and O–H groups in total. The fourth-order valence-electron chi connectivity index (χ4n) is 3.49. The molecular weight excluding hydrogens is 467 g/mol. The Hall–Kier alpha value is -3.16. The highest BCUT2D eigenvalue weighted by atomic mass is 79.9. The van der Waals surface area contributed by atoms with Crippen LogP contribution in [0, 0.1) is 5.82 Å². The number of allylic oxidation sites excluding steroid dienone is 1. The Labute approximate surface area is 186 Å². The summed E-state index contributed by atoms with van der Waals surface area (Å²) in [6.07, 6.45) is 1.59. The smallest absolute Gasteiger partial charge is 0.231 e. The minimum atomic E-state index is -0.337. The first-order valence-corrected chi connectivity index (χ1v) is 10.3. The molecule has 0 bridgehead atoms. The van der Waals surface area contributed by atoms with Crippen molar-refractivity contribution in [2.75, 3.05) is 6.79 Å². The molecule has 0 amide bonds. The molecule has 0 radical (unpaired) electrons. The first-order valence-electron chi connectivity index (χ1n) is 9.55. The lowest BCUT2D eigenvalue weighted by Gasteiger charge is -2.21. The molecule has 0 fully saturated rings. The topological polar surface area (TPSA) is 54.0 Å². The molecule has 5 rings (SSSR count). The van der Waals surface area contributed by atoms with Crippen LogP contribution in [0.1, 0.15) is 27.0 Å². The van der Waals surface area contributed by atoms with Crippen molar-refractivity contribution in [1.82, 2.24) is 0 Å². The van der Waals surface area contributed by atoms with Gasteiger partial charge in [0, 0.05) is 21.7 Å². The zero-order chi connectivity index (χ0) is 21.4. The van der Waals surface area contributed by atoms with E-state index in [1.54, 1.807) is 36.4 Å². The Morgan fingerprint density at radius 1 is 1.10 bits per heavy atom. The molecule has 0 aliphatic carbocycles. The lowest BCUT2D eigenvalue weighted by molar-refractivity contribution is -0.0176. The third-order valence-corrected chi connectivity index (χ3v) is 5.41. The highest BCUT2D eigenvalue weighted by molar-refractivity contribution is 9.10. The Morgan fingerprint density at radius 2 is 1.94 bits per heavy atom. The largest absolute Gasteiger partial charge is 0.489 e. The second-order valence-electron chi connectivity index (χ2n) is 7.10. The minimum absolute atomic E-state index is 0.188. The summed E-state index contributed by atoms with van der Waals surface area (Å²) in [7, 11) is 0. The van der Waals surface area contributed by atoms with Crippen molar-refractivity contribution in [3.8, 4) is 17.2 Å². The molecule has 156 valence electrons. The van der Waals surface area contributed by atoms with Crippen molar-refractivity contribution in [2.24, 2.45) is 0 Å². The molecule has 0 atom stereocenters. The molecule has 0 spiro atoms. The number of rotatable bonds is 4. The molecule has 2 heterocycles. The summed E-state index contributed by atoms with van der Waals surface area (Å²) in [5.74, 6) is 1.39. The predicted molar refractivity (Wildman–Crippen MR) is 115 cm³/mol. The first kappa shape index (κ1) is 19.8. The fourth-order valence-corrected chi connectivity index (χ4v) is 4.05. The lowest BCUT2D eigenvalue weighted by atomic mass is 10.1. The third-order valence-electron chi connectivity index (χ3n) is 4.96. The molecule has 3 aromatic rings. The fraction of sp³-hybridized carbons (Fsp3) is 0.125. The number of carbonyl (C=O) groups excluding carboxylic acids is 1. The van der Waals surface area contributed by atoms with Gasteiger partial charge in [0.15, 0.2) is 12.6 Å². The summed E-state index contributed by atoms with van der Waals surface area (Å²) in [5.41, 5.74) is 2.98. The van der Waals surface area contributed by atoms with Gasteiger partial charge >= 0.3 is 0 Å². The molecule has 31 heavy (non-hydrogen) atoms. The monoisotopic (exact) mass is 482 g/mol. The van der Waals surface area contributed by atoms with Crippen LogP contribution in [0.3, 0.4) is 0 Å². The molecule has 5 nitrogen and oxygen atoms in total. The highest BCUT2D eigenvalue weighted by Gasteiger charge is 2.28. The van der Waals surface area contributed by atoms with Crippen LogP contribution in [0.2, 0.25) is 0 Å².